The van der Waals surface area contributed by atoms with Crippen molar-refractivity contribution in [2.45, 2.75) is 0 Å². The average Bonchev–Trinajstić information content (AvgIpc) is 2.68. The quantitative estimate of drug-likeness (QED) is 0.229. The number of phenols is 2. The van der Waals surface area contributed by atoms with E-state index in [-0.39, 0.29) is 17.3 Å². The number of aromatic hydroxyl groups is 2. The van der Waals surface area contributed by atoms with Gasteiger partial charge in [-0.15, -0.1) is 0 Å². The van der Waals surface area contributed by atoms with E-state index in [0.29, 0.717) is 26.2 Å². The number of ketones is 1. The molecule has 0 radical (unpaired) electrons. The summed E-state index contributed by atoms with van der Waals surface area (Å²) in [5, 5.41) is 29.3. The number of aliphatic hydroxyl groups is 1. The van der Waals surface area contributed by atoms with Crippen LogP contribution in [0.25, 0.3) is 12.2 Å². The number of aliphatic hydroxyl groups excluding tert-OH is 1. The van der Waals surface area contributed by atoms with Crippen molar-refractivity contribution in [3.05, 3.63) is 69.0 Å². The highest BCUT2D eigenvalue weighted by molar-refractivity contribution is 14.1. The van der Waals surface area contributed by atoms with Crippen LogP contribution in [0.3, 0.4) is 0 Å². The predicted octanol–water partition coefficient (Wildman–Crippen LogP) is 4.46. The molecule has 0 atom stereocenters. The summed E-state index contributed by atoms with van der Waals surface area (Å²) in [6, 6.07) is 8.00. The first-order chi connectivity index (χ1) is 13.3. The minimum atomic E-state index is -0.410. The van der Waals surface area contributed by atoms with Gasteiger partial charge in [-0.1, -0.05) is 18.2 Å². The van der Waals surface area contributed by atoms with Crippen molar-refractivity contribution < 1.29 is 29.6 Å². The van der Waals surface area contributed by atoms with Gasteiger partial charge in [0, 0.05) is 6.08 Å². The highest BCUT2D eigenvalue weighted by Gasteiger charge is 2.07. The van der Waals surface area contributed by atoms with E-state index in [2.05, 4.69) is 0 Å². The minimum absolute atomic E-state index is 0.00850. The second-order valence-electron chi connectivity index (χ2n) is 5.62. The lowest BCUT2D eigenvalue weighted by molar-refractivity contribution is -0.110. The molecule has 7 heteroatoms. The Kier molecular flexibility index (Phi) is 7.51. The van der Waals surface area contributed by atoms with Gasteiger partial charge in [0.15, 0.2) is 28.8 Å². The molecule has 0 fully saturated rings. The summed E-state index contributed by atoms with van der Waals surface area (Å²) in [6.07, 6.45) is 6.88. The molecule has 0 aliphatic carbocycles. The van der Waals surface area contributed by atoms with Crippen molar-refractivity contribution in [2.75, 3.05) is 14.2 Å². The number of hydrogen-bond donors (Lipinski definition) is 3. The summed E-state index contributed by atoms with van der Waals surface area (Å²) in [4.78, 5) is 12.0. The van der Waals surface area contributed by atoms with E-state index >= 15 is 0 Å². The number of halogens is 1. The molecule has 2 aromatic rings. The lowest BCUT2D eigenvalue weighted by Crippen LogP contribution is -1.90. The topological polar surface area (TPSA) is 96.2 Å². The Balaban J connectivity index is 2.09. The Morgan fingerprint density at radius 1 is 0.964 bits per heavy atom. The Morgan fingerprint density at radius 2 is 1.61 bits per heavy atom. The van der Waals surface area contributed by atoms with Gasteiger partial charge in [0.05, 0.1) is 17.8 Å². The van der Waals surface area contributed by atoms with Crippen molar-refractivity contribution in [1.82, 2.24) is 0 Å². The van der Waals surface area contributed by atoms with E-state index in [9.17, 15) is 20.1 Å². The van der Waals surface area contributed by atoms with Gasteiger partial charge in [0.2, 0.25) is 0 Å². The second-order valence-corrected chi connectivity index (χ2v) is 6.79. The zero-order valence-electron chi connectivity index (χ0n) is 15.2. The summed E-state index contributed by atoms with van der Waals surface area (Å²) in [6.45, 7) is 0. The van der Waals surface area contributed by atoms with Gasteiger partial charge in [-0.3, -0.25) is 4.79 Å². The summed E-state index contributed by atoms with van der Waals surface area (Å²) in [5.74, 6) is 0.0423. The number of phenolic OH excluding ortho intramolecular Hbond substituents is 2. The monoisotopic (exact) mass is 492 g/mol. The summed E-state index contributed by atoms with van der Waals surface area (Å²) in [5.41, 5.74) is 1.36. The number of ether oxygens (including phenoxy) is 2. The molecule has 0 unspecified atom stereocenters. The molecule has 2 rings (SSSR count). The van der Waals surface area contributed by atoms with Crippen molar-refractivity contribution in [1.29, 1.82) is 0 Å². The Hall–Kier alpha value is -2.94. The van der Waals surface area contributed by atoms with E-state index in [4.69, 9.17) is 9.47 Å². The molecule has 0 saturated carbocycles. The van der Waals surface area contributed by atoms with Crippen LogP contribution >= 0.6 is 22.6 Å². The van der Waals surface area contributed by atoms with Gasteiger partial charge in [-0.25, -0.2) is 0 Å². The largest absolute Gasteiger partial charge is 0.508 e. The third-order valence-corrected chi connectivity index (χ3v) is 4.47. The molecule has 6 nitrogen and oxygen atoms in total. The molecule has 0 aliphatic rings. The molecule has 0 aliphatic heterocycles. The van der Waals surface area contributed by atoms with Crippen molar-refractivity contribution in [2.24, 2.45) is 0 Å². The Labute approximate surface area is 176 Å². The summed E-state index contributed by atoms with van der Waals surface area (Å²) in [7, 11) is 2.89. The van der Waals surface area contributed by atoms with Gasteiger partial charge in [-0.2, -0.15) is 0 Å². The van der Waals surface area contributed by atoms with Crippen molar-refractivity contribution >= 4 is 40.5 Å². The molecular weight excluding hydrogens is 473 g/mol. The zero-order chi connectivity index (χ0) is 20.7. The van der Waals surface area contributed by atoms with Crippen LogP contribution < -0.4 is 9.47 Å². The molecule has 28 heavy (non-hydrogen) atoms. The van der Waals surface area contributed by atoms with Crippen LogP contribution in [-0.2, 0) is 4.79 Å². The lowest BCUT2D eigenvalue weighted by Gasteiger charge is -2.06. The number of carbonyl (C=O) groups excluding carboxylic acids is 1. The van der Waals surface area contributed by atoms with E-state index < -0.39 is 5.78 Å². The van der Waals surface area contributed by atoms with Crippen LogP contribution in [0.2, 0.25) is 0 Å². The first-order valence-electron chi connectivity index (χ1n) is 8.08. The molecule has 146 valence electrons. The number of benzene rings is 2. The highest BCUT2D eigenvalue weighted by Crippen LogP contribution is 2.32. The van der Waals surface area contributed by atoms with Gasteiger partial charge in [0.25, 0.3) is 0 Å². The maximum absolute atomic E-state index is 12.0. The molecule has 0 bridgehead atoms. The van der Waals surface area contributed by atoms with Crippen LogP contribution in [0, 0.1) is 3.57 Å². The fourth-order valence-electron chi connectivity index (χ4n) is 2.25. The smallest absolute Gasteiger partial charge is 0.182 e. The number of allylic oxidation sites excluding steroid dienone is 3. The Bertz CT molecular complexity index is 960. The molecule has 2 aromatic carbocycles. The molecular formula is C21H19IO6. The number of methoxy groups -OCH3 is 2. The summed E-state index contributed by atoms with van der Waals surface area (Å²) < 4.78 is 10.7. The predicted molar refractivity (Wildman–Crippen MR) is 116 cm³/mol. The molecule has 0 saturated heterocycles. The Morgan fingerprint density at radius 3 is 2.29 bits per heavy atom. The summed E-state index contributed by atoms with van der Waals surface area (Å²) >= 11 is 1.97. The van der Waals surface area contributed by atoms with Crippen LogP contribution in [0.1, 0.15) is 11.1 Å². The second kappa shape index (κ2) is 9.84. The highest BCUT2D eigenvalue weighted by atomic mass is 125. The van der Waals surface area contributed by atoms with Gasteiger partial charge in [-0.05, 0) is 70.1 Å². The third-order valence-electron chi connectivity index (χ3n) is 3.65. The maximum atomic E-state index is 12.0. The van der Waals surface area contributed by atoms with E-state index in [1.807, 2.05) is 22.6 Å². The van der Waals surface area contributed by atoms with Crippen LogP contribution in [0.15, 0.2) is 54.3 Å². The number of carbonyl (C=O) groups is 1. The molecule has 0 heterocycles. The maximum Gasteiger partial charge on any atom is 0.182 e. The van der Waals surface area contributed by atoms with Gasteiger partial charge >= 0.3 is 0 Å². The van der Waals surface area contributed by atoms with Gasteiger partial charge in [0.1, 0.15) is 5.76 Å². The number of rotatable bonds is 7. The zero-order valence-corrected chi connectivity index (χ0v) is 17.4. The average molecular weight is 492 g/mol. The van der Waals surface area contributed by atoms with Crippen LogP contribution in [0.4, 0.5) is 0 Å². The fraction of sp³-hybridized carbons (Fsp3) is 0.0952. The van der Waals surface area contributed by atoms with Crippen molar-refractivity contribution in [3.8, 4) is 23.0 Å². The first kappa shape index (κ1) is 21.4. The molecule has 0 spiro atoms. The van der Waals surface area contributed by atoms with Crippen LogP contribution in [-0.4, -0.2) is 35.3 Å². The lowest BCUT2D eigenvalue weighted by atomic mass is 10.1. The van der Waals surface area contributed by atoms with E-state index in [1.54, 1.807) is 36.4 Å². The van der Waals surface area contributed by atoms with Crippen LogP contribution in [0.5, 0.6) is 23.0 Å². The third kappa shape index (κ3) is 5.78. The minimum Gasteiger partial charge on any atom is -0.508 e. The fourth-order valence-corrected chi connectivity index (χ4v) is 2.87. The normalized spacial score (nSPS) is 11.9. The van der Waals surface area contributed by atoms with Gasteiger partial charge < -0.3 is 24.8 Å². The van der Waals surface area contributed by atoms with Crippen molar-refractivity contribution in [3.63, 3.8) is 0 Å². The SMILES string of the molecule is COc1cc(/C=C/C(=O)C=C(O)/C=C/c2cc([125I])c(O)c(OC)c2)ccc1O. The van der Waals surface area contributed by atoms with E-state index in [1.165, 1.54) is 32.4 Å². The molecule has 0 aromatic heterocycles. The first-order valence-corrected chi connectivity index (χ1v) is 9.16. The number of hydrogen-bond acceptors (Lipinski definition) is 6. The molecule has 0 amide bonds. The van der Waals surface area contributed by atoms with E-state index in [0.717, 1.165) is 6.08 Å². The standard InChI is InChI=1S/C21H19IO6/c1-27-19-10-13(5-8-18(19)25)3-6-15(23)12-16(24)7-4-14-9-17(22)21(26)20(11-14)28-2/h3-12,24-26H,1-2H3/b6-3+,7-4+,16-12?/i22-2. The molecule has 3 N–H and O–H groups in total.